The summed E-state index contributed by atoms with van der Waals surface area (Å²) in [6.07, 6.45) is 1.85. The van der Waals surface area contributed by atoms with Gasteiger partial charge in [-0.05, 0) is 18.9 Å². The van der Waals surface area contributed by atoms with Gasteiger partial charge in [-0.2, -0.15) is 0 Å². The molecule has 0 saturated carbocycles. The first-order chi connectivity index (χ1) is 10.6. The number of nitrogens with zero attached hydrogens (tertiary/aromatic N) is 1. The second-order valence-corrected chi connectivity index (χ2v) is 4.79. The zero-order valence-corrected chi connectivity index (χ0v) is 11.8. The first-order valence-corrected chi connectivity index (χ1v) is 6.87. The van der Waals surface area contributed by atoms with Gasteiger partial charge in [0.15, 0.2) is 6.61 Å². The van der Waals surface area contributed by atoms with Crippen molar-refractivity contribution in [2.75, 3.05) is 19.8 Å². The highest BCUT2D eigenvalue weighted by molar-refractivity contribution is 5.95. The number of rotatable bonds is 6. The highest BCUT2D eigenvalue weighted by atomic mass is 16.6. The van der Waals surface area contributed by atoms with Gasteiger partial charge in [-0.15, -0.1) is 0 Å². The average molecular weight is 308 g/mol. The van der Waals surface area contributed by atoms with Crippen molar-refractivity contribution in [3.63, 3.8) is 0 Å². The third-order valence-electron chi connectivity index (χ3n) is 3.21. The summed E-state index contributed by atoms with van der Waals surface area (Å²) in [4.78, 5) is 33.5. The van der Waals surface area contributed by atoms with E-state index in [1.807, 2.05) is 0 Å². The number of hydrogen-bond acceptors (Lipinski definition) is 6. The van der Waals surface area contributed by atoms with Gasteiger partial charge in [0.25, 0.3) is 11.6 Å². The number of nitro groups is 1. The molecule has 0 spiro atoms. The molecule has 8 heteroatoms. The lowest BCUT2D eigenvalue weighted by Gasteiger charge is -2.11. The Kier molecular flexibility index (Phi) is 5.42. The fourth-order valence-electron chi connectivity index (χ4n) is 2.10. The van der Waals surface area contributed by atoms with Crippen LogP contribution in [0.2, 0.25) is 0 Å². The third-order valence-corrected chi connectivity index (χ3v) is 3.21. The Morgan fingerprint density at radius 2 is 2.18 bits per heavy atom. The van der Waals surface area contributed by atoms with Crippen molar-refractivity contribution >= 4 is 17.6 Å². The molecule has 0 bridgehead atoms. The van der Waals surface area contributed by atoms with Crippen molar-refractivity contribution in [3.05, 3.63) is 39.9 Å². The summed E-state index contributed by atoms with van der Waals surface area (Å²) in [7, 11) is 0. The third kappa shape index (κ3) is 4.26. The maximum atomic E-state index is 11.8. The summed E-state index contributed by atoms with van der Waals surface area (Å²) in [5, 5.41) is 13.4. The lowest BCUT2D eigenvalue weighted by atomic mass is 10.2. The molecule has 1 aliphatic heterocycles. The van der Waals surface area contributed by atoms with E-state index in [0.717, 1.165) is 12.8 Å². The molecule has 1 amide bonds. The van der Waals surface area contributed by atoms with E-state index < -0.39 is 23.4 Å². The first kappa shape index (κ1) is 15.9. The fourth-order valence-corrected chi connectivity index (χ4v) is 2.10. The number of nitrogens with one attached hydrogen (secondary N) is 1. The lowest BCUT2D eigenvalue weighted by Crippen LogP contribution is -2.34. The number of hydrogen-bond donors (Lipinski definition) is 1. The van der Waals surface area contributed by atoms with Crippen molar-refractivity contribution in [3.8, 4) is 0 Å². The number of carbonyl (C=O) groups excluding carboxylic acids is 2. The van der Waals surface area contributed by atoms with E-state index in [2.05, 4.69) is 5.32 Å². The van der Waals surface area contributed by atoms with Gasteiger partial charge in [0.2, 0.25) is 0 Å². The normalized spacial score (nSPS) is 17.0. The number of esters is 1. The predicted octanol–water partition coefficient (Wildman–Crippen LogP) is 1.05. The molecule has 8 nitrogen and oxygen atoms in total. The van der Waals surface area contributed by atoms with Crippen LogP contribution in [0, 0.1) is 10.1 Å². The van der Waals surface area contributed by atoms with Gasteiger partial charge in [-0.25, -0.2) is 4.79 Å². The van der Waals surface area contributed by atoms with Crippen molar-refractivity contribution in [2.45, 2.75) is 18.9 Å². The minimum Gasteiger partial charge on any atom is -0.452 e. The summed E-state index contributed by atoms with van der Waals surface area (Å²) in [5.74, 6) is -1.37. The summed E-state index contributed by atoms with van der Waals surface area (Å²) in [5.41, 5.74) is -0.535. The first-order valence-electron chi connectivity index (χ1n) is 6.87. The largest absolute Gasteiger partial charge is 0.452 e. The number of amides is 1. The second kappa shape index (κ2) is 7.51. The van der Waals surface area contributed by atoms with Crippen LogP contribution in [-0.2, 0) is 14.3 Å². The molecule has 1 aromatic rings. The Bertz CT molecular complexity index is 568. The van der Waals surface area contributed by atoms with E-state index >= 15 is 0 Å². The van der Waals surface area contributed by atoms with Gasteiger partial charge in [0, 0.05) is 19.2 Å². The Labute approximate surface area is 126 Å². The second-order valence-electron chi connectivity index (χ2n) is 4.79. The van der Waals surface area contributed by atoms with Crippen molar-refractivity contribution in [1.82, 2.24) is 5.32 Å². The zero-order valence-electron chi connectivity index (χ0n) is 11.8. The number of benzene rings is 1. The lowest BCUT2D eigenvalue weighted by molar-refractivity contribution is -0.385. The number of para-hydroxylation sites is 1. The minimum absolute atomic E-state index is 0.00476. The minimum atomic E-state index is -0.903. The van der Waals surface area contributed by atoms with Crippen LogP contribution in [-0.4, -0.2) is 42.7 Å². The topological polar surface area (TPSA) is 108 Å². The van der Waals surface area contributed by atoms with Crippen LogP contribution in [0.4, 0.5) is 5.69 Å². The van der Waals surface area contributed by atoms with Gasteiger partial charge in [0.05, 0.1) is 11.0 Å². The Morgan fingerprint density at radius 1 is 1.41 bits per heavy atom. The molecule has 1 fully saturated rings. The highest BCUT2D eigenvalue weighted by Gasteiger charge is 2.21. The standard InChI is InChI=1S/C14H16N2O6/c17-13(15-8-10-4-3-7-21-10)9-22-14(18)11-5-1-2-6-12(11)16(19)20/h1-2,5-6,10H,3-4,7-9H2,(H,15,17). The number of ether oxygens (including phenoxy) is 2. The van der Waals surface area contributed by atoms with E-state index in [4.69, 9.17) is 9.47 Å². The smallest absolute Gasteiger partial charge is 0.345 e. The van der Waals surface area contributed by atoms with Crippen molar-refractivity contribution in [2.24, 2.45) is 0 Å². The van der Waals surface area contributed by atoms with Gasteiger partial charge in [0.1, 0.15) is 5.56 Å². The van der Waals surface area contributed by atoms with Crippen LogP contribution < -0.4 is 5.32 Å². The van der Waals surface area contributed by atoms with E-state index in [9.17, 15) is 19.7 Å². The van der Waals surface area contributed by atoms with Crippen molar-refractivity contribution in [1.29, 1.82) is 0 Å². The summed E-state index contributed by atoms with van der Waals surface area (Å²) >= 11 is 0. The molecule has 1 saturated heterocycles. The molecule has 1 N–H and O–H groups in total. The highest BCUT2D eigenvalue weighted by Crippen LogP contribution is 2.18. The predicted molar refractivity (Wildman–Crippen MR) is 75.4 cm³/mol. The molecule has 0 radical (unpaired) electrons. The van der Waals surface area contributed by atoms with Crippen LogP contribution in [0.25, 0.3) is 0 Å². The molecule has 1 aliphatic rings. The molecule has 0 aromatic heterocycles. The summed E-state index contributed by atoms with van der Waals surface area (Å²) in [6.45, 7) is 0.562. The molecule has 1 aromatic carbocycles. The molecule has 22 heavy (non-hydrogen) atoms. The van der Waals surface area contributed by atoms with Crippen molar-refractivity contribution < 1.29 is 24.0 Å². The maximum absolute atomic E-state index is 11.8. The average Bonchev–Trinajstić information content (AvgIpc) is 3.04. The van der Waals surface area contributed by atoms with E-state index in [1.165, 1.54) is 24.3 Å². The number of carbonyl (C=O) groups is 2. The maximum Gasteiger partial charge on any atom is 0.345 e. The monoisotopic (exact) mass is 308 g/mol. The Balaban J connectivity index is 1.82. The van der Waals surface area contributed by atoms with E-state index in [0.29, 0.717) is 13.2 Å². The molecule has 1 atom stereocenters. The molecule has 1 heterocycles. The Hall–Kier alpha value is -2.48. The molecule has 2 rings (SSSR count). The van der Waals surface area contributed by atoms with Crippen LogP contribution in [0.3, 0.4) is 0 Å². The van der Waals surface area contributed by atoms with E-state index in [-0.39, 0.29) is 17.4 Å². The molecule has 0 aliphatic carbocycles. The molecule has 118 valence electrons. The zero-order chi connectivity index (χ0) is 15.9. The molecular weight excluding hydrogens is 292 g/mol. The van der Waals surface area contributed by atoms with Crippen LogP contribution in [0.1, 0.15) is 23.2 Å². The van der Waals surface area contributed by atoms with Gasteiger partial charge < -0.3 is 14.8 Å². The Morgan fingerprint density at radius 3 is 2.86 bits per heavy atom. The quantitative estimate of drug-likeness (QED) is 0.478. The van der Waals surface area contributed by atoms with Crippen LogP contribution in [0.15, 0.2) is 24.3 Å². The molecular formula is C14H16N2O6. The fraction of sp³-hybridized carbons (Fsp3) is 0.429. The number of nitro benzene ring substituents is 1. The van der Waals surface area contributed by atoms with Gasteiger partial charge in [-0.3, -0.25) is 14.9 Å². The SMILES string of the molecule is O=C(COC(=O)c1ccccc1[N+](=O)[O-])NCC1CCCO1. The summed E-state index contributed by atoms with van der Waals surface area (Å²) < 4.78 is 10.1. The van der Waals surface area contributed by atoms with Gasteiger partial charge in [-0.1, -0.05) is 12.1 Å². The van der Waals surface area contributed by atoms with Gasteiger partial charge >= 0.3 is 5.97 Å². The summed E-state index contributed by atoms with van der Waals surface area (Å²) in [6, 6.07) is 5.42. The van der Waals surface area contributed by atoms with Crippen LogP contribution in [0.5, 0.6) is 0 Å². The molecule has 1 unspecified atom stereocenters. The van der Waals surface area contributed by atoms with Crippen LogP contribution >= 0.6 is 0 Å². The van der Waals surface area contributed by atoms with E-state index in [1.54, 1.807) is 0 Å².